The van der Waals surface area contributed by atoms with Crippen molar-refractivity contribution in [1.82, 2.24) is 14.7 Å². The molecule has 5 heteroatoms. The van der Waals surface area contributed by atoms with E-state index in [9.17, 15) is 10.1 Å². The minimum Gasteiger partial charge on any atom is -0.376 e. The van der Waals surface area contributed by atoms with Crippen LogP contribution >= 0.6 is 0 Å². The molecule has 1 heterocycles. The fourth-order valence-corrected chi connectivity index (χ4v) is 3.27. The van der Waals surface area contributed by atoms with Gasteiger partial charge < -0.3 is 14.7 Å². The molecule has 140 valence electrons. The van der Waals surface area contributed by atoms with E-state index in [-0.39, 0.29) is 17.5 Å². The minimum absolute atomic E-state index is 0.0214. The van der Waals surface area contributed by atoms with Crippen LogP contribution in [0.1, 0.15) is 32.3 Å². The number of nitrogens with zero attached hydrogens (tertiary/aromatic N) is 4. The molecule has 1 amide bonds. The highest BCUT2D eigenvalue weighted by Gasteiger charge is 2.24. The third-order valence-corrected chi connectivity index (χ3v) is 5.03. The lowest BCUT2D eigenvalue weighted by molar-refractivity contribution is -0.129. The summed E-state index contributed by atoms with van der Waals surface area (Å²) in [5.41, 5.74) is 1.27. The topological polar surface area (TPSA) is 50.6 Å². The van der Waals surface area contributed by atoms with Crippen LogP contribution in [0, 0.1) is 11.3 Å². The molecule has 5 nitrogen and oxygen atoms in total. The first-order valence-electron chi connectivity index (χ1n) is 9.29. The molecule has 1 saturated heterocycles. The molecule has 1 aromatic carbocycles. The van der Waals surface area contributed by atoms with Gasteiger partial charge in [0.1, 0.15) is 11.6 Å². The average molecular weight is 354 g/mol. The molecule has 0 atom stereocenters. The van der Waals surface area contributed by atoms with Gasteiger partial charge >= 0.3 is 0 Å². The Balaban J connectivity index is 2.12. The third-order valence-electron chi connectivity index (χ3n) is 5.03. The number of benzene rings is 1. The van der Waals surface area contributed by atoms with Gasteiger partial charge in [0.2, 0.25) is 0 Å². The maximum atomic E-state index is 13.0. The molecule has 1 fully saturated rings. The van der Waals surface area contributed by atoms with Gasteiger partial charge in [-0.25, -0.2) is 0 Å². The lowest BCUT2D eigenvalue weighted by Crippen LogP contribution is -2.41. The molecule has 0 aromatic heterocycles. The minimum atomic E-state index is -0.203. The third kappa shape index (κ3) is 5.34. The van der Waals surface area contributed by atoms with Crippen LogP contribution in [0.2, 0.25) is 0 Å². The molecule has 2 rings (SSSR count). The van der Waals surface area contributed by atoms with Gasteiger partial charge in [-0.15, -0.1) is 0 Å². The average Bonchev–Trinajstić information content (AvgIpc) is 2.64. The van der Waals surface area contributed by atoms with Crippen LogP contribution in [0.25, 0.3) is 0 Å². The monoisotopic (exact) mass is 354 g/mol. The van der Waals surface area contributed by atoms with Crippen molar-refractivity contribution in [3.05, 3.63) is 47.7 Å². The molecule has 1 aromatic rings. The highest BCUT2D eigenvalue weighted by atomic mass is 16.2. The second kappa shape index (κ2) is 9.40. The highest BCUT2D eigenvalue weighted by Crippen LogP contribution is 2.17. The smallest absolute Gasteiger partial charge is 0.266 e. The van der Waals surface area contributed by atoms with E-state index in [0.29, 0.717) is 12.6 Å². The van der Waals surface area contributed by atoms with Gasteiger partial charge in [0, 0.05) is 31.9 Å². The molecule has 0 spiro atoms. The number of hydrogen-bond donors (Lipinski definition) is 0. The Hall–Kier alpha value is -2.32. The number of piperidine rings is 1. The SMILES string of the molecule is CC(C)N(Cc1ccccc1)C(=O)/C(C#N)=C\N(C)C1CCN(C)CC1. The van der Waals surface area contributed by atoms with Gasteiger partial charge in [0.05, 0.1) is 0 Å². The summed E-state index contributed by atoms with van der Waals surface area (Å²) in [5, 5.41) is 9.58. The van der Waals surface area contributed by atoms with Gasteiger partial charge in [0.25, 0.3) is 5.91 Å². The Morgan fingerprint density at radius 1 is 1.31 bits per heavy atom. The molecule has 1 aliphatic heterocycles. The van der Waals surface area contributed by atoms with Crippen molar-refractivity contribution in [3.63, 3.8) is 0 Å². The van der Waals surface area contributed by atoms with Gasteiger partial charge in [0.15, 0.2) is 0 Å². The Kier molecular flexibility index (Phi) is 7.23. The summed E-state index contributed by atoms with van der Waals surface area (Å²) in [7, 11) is 4.10. The number of hydrogen-bond acceptors (Lipinski definition) is 4. The van der Waals surface area contributed by atoms with Crippen molar-refractivity contribution in [2.45, 2.75) is 45.3 Å². The fourth-order valence-electron chi connectivity index (χ4n) is 3.27. The Bertz CT molecular complexity index is 654. The van der Waals surface area contributed by atoms with Crippen LogP contribution in [0.3, 0.4) is 0 Å². The lowest BCUT2D eigenvalue weighted by Gasteiger charge is -2.35. The summed E-state index contributed by atoms with van der Waals surface area (Å²) in [6.07, 6.45) is 3.83. The summed E-state index contributed by atoms with van der Waals surface area (Å²) in [6, 6.07) is 12.4. The van der Waals surface area contributed by atoms with Crippen LogP contribution in [-0.2, 0) is 11.3 Å². The molecule has 26 heavy (non-hydrogen) atoms. The standard InChI is InChI=1S/C21H30N4O/c1-17(2)25(15-18-8-6-5-7-9-18)21(26)19(14-22)16-24(4)20-10-12-23(3)13-11-20/h5-9,16-17,20H,10-13,15H2,1-4H3/b19-16-. The lowest BCUT2D eigenvalue weighted by atomic mass is 10.0. The van der Waals surface area contributed by atoms with Crippen LogP contribution in [0.15, 0.2) is 42.1 Å². The Labute approximate surface area is 157 Å². The summed E-state index contributed by atoms with van der Waals surface area (Å²) in [4.78, 5) is 19.1. The van der Waals surface area contributed by atoms with E-state index in [0.717, 1.165) is 31.5 Å². The maximum absolute atomic E-state index is 13.0. The molecule has 0 unspecified atom stereocenters. The zero-order valence-corrected chi connectivity index (χ0v) is 16.4. The van der Waals surface area contributed by atoms with E-state index in [1.807, 2.05) is 56.1 Å². The molecular formula is C21H30N4O. The highest BCUT2D eigenvalue weighted by molar-refractivity contribution is 5.97. The molecule has 0 bridgehead atoms. The zero-order chi connectivity index (χ0) is 19.1. The van der Waals surface area contributed by atoms with Crippen LogP contribution in [-0.4, -0.2) is 59.9 Å². The summed E-state index contributed by atoms with van der Waals surface area (Å²) in [5.74, 6) is -0.203. The Morgan fingerprint density at radius 2 is 1.92 bits per heavy atom. The van der Waals surface area contributed by atoms with Crippen molar-refractivity contribution in [2.24, 2.45) is 0 Å². The number of nitriles is 1. The fraction of sp³-hybridized carbons (Fsp3) is 0.524. The number of rotatable bonds is 6. The predicted molar refractivity (Wildman–Crippen MR) is 104 cm³/mol. The van der Waals surface area contributed by atoms with Gasteiger partial charge in [-0.2, -0.15) is 5.26 Å². The quantitative estimate of drug-likeness (QED) is 0.582. The van der Waals surface area contributed by atoms with Crippen LogP contribution in [0.4, 0.5) is 0 Å². The van der Waals surface area contributed by atoms with Crippen molar-refractivity contribution in [1.29, 1.82) is 5.26 Å². The normalized spacial score (nSPS) is 16.4. The summed E-state index contributed by atoms with van der Waals surface area (Å²) >= 11 is 0. The number of carbonyl (C=O) groups excluding carboxylic acids is 1. The van der Waals surface area contributed by atoms with Crippen molar-refractivity contribution in [3.8, 4) is 6.07 Å². The van der Waals surface area contributed by atoms with Crippen LogP contribution in [0.5, 0.6) is 0 Å². The second-order valence-corrected chi connectivity index (χ2v) is 7.37. The van der Waals surface area contributed by atoms with Gasteiger partial charge in [-0.3, -0.25) is 4.79 Å². The number of likely N-dealkylation sites (tertiary alicyclic amines) is 1. The number of amides is 1. The van der Waals surface area contributed by atoms with E-state index in [1.54, 1.807) is 11.1 Å². The summed E-state index contributed by atoms with van der Waals surface area (Å²) < 4.78 is 0. The van der Waals surface area contributed by atoms with E-state index in [4.69, 9.17) is 0 Å². The first-order valence-corrected chi connectivity index (χ1v) is 9.29. The molecule has 0 saturated carbocycles. The van der Waals surface area contributed by atoms with E-state index in [2.05, 4.69) is 18.0 Å². The van der Waals surface area contributed by atoms with Gasteiger partial charge in [-0.1, -0.05) is 30.3 Å². The molecule has 1 aliphatic rings. The van der Waals surface area contributed by atoms with Crippen LogP contribution < -0.4 is 0 Å². The van der Waals surface area contributed by atoms with E-state index in [1.165, 1.54) is 0 Å². The van der Waals surface area contributed by atoms with Crippen molar-refractivity contribution >= 4 is 5.91 Å². The van der Waals surface area contributed by atoms with E-state index < -0.39 is 0 Å². The molecule has 0 radical (unpaired) electrons. The largest absolute Gasteiger partial charge is 0.376 e. The maximum Gasteiger partial charge on any atom is 0.266 e. The zero-order valence-electron chi connectivity index (χ0n) is 16.4. The van der Waals surface area contributed by atoms with Crippen molar-refractivity contribution < 1.29 is 4.79 Å². The molecular weight excluding hydrogens is 324 g/mol. The predicted octanol–water partition coefficient (Wildman–Crippen LogP) is 2.86. The van der Waals surface area contributed by atoms with Gasteiger partial charge in [-0.05, 0) is 52.4 Å². The second-order valence-electron chi connectivity index (χ2n) is 7.37. The Morgan fingerprint density at radius 3 is 2.46 bits per heavy atom. The first kappa shape index (κ1) is 20.0. The number of carbonyl (C=O) groups is 1. The van der Waals surface area contributed by atoms with Crippen molar-refractivity contribution in [2.75, 3.05) is 27.2 Å². The molecule has 0 aliphatic carbocycles. The summed E-state index contributed by atoms with van der Waals surface area (Å²) in [6.45, 7) is 6.57. The first-order chi connectivity index (χ1) is 12.4. The molecule has 0 N–H and O–H groups in total. The van der Waals surface area contributed by atoms with E-state index >= 15 is 0 Å².